The van der Waals surface area contributed by atoms with Crippen molar-refractivity contribution in [1.29, 1.82) is 0 Å². The maximum atomic E-state index is 12.3. The summed E-state index contributed by atoms with van der Waals surface area (Å²) >= 11 is 0. The van der Waals surface area contributed by atoms with Gasteiger partial charge < -0.3 is 19.6 Å². The largest absolute Gasteiger partial charge is 0.481 e. The van der Waals surface area contributed by atoms with Crippen molar-refractivity contribution in [1.82, 2.24) is 9.80 Å². The van der Waals surface area contributed by atoms with Gasteiger partial charge in [-0.1, -0.05) is 6.92 Å². The molecule has 0 spiro atoms. The summed E-state index contributed by atoms with van der Waals surface area (Å²) in [5, 5.41) is 8.95. The number of piperidine rings is 1. The van der Waals surface area contributed by atoms with Gasteiger partial charge in [0, 0.05) is 26.2 Å². The molecule has 0 bridgehead atoms. The molecule has 2 saturated heterocycles. The third-order valence-corrected chi connectivity index (χ3v) is 3.98. The summed E-state index contributed by atoms with van der Waals surface area (Å²) in [5.74, 6) is -1.04. The highest BCUT2D eigenvalue weighted by Crippen LogP contribution is 2.19. The number of nitrogens with zero attached hydrogens (tertiary/aromatic N) is 2. The molecule has 0 saturated carbocycles. The highest BCUT2D eigenvalue weighted by atomic mass is 16.5. The Morgan fingerprint density at radius 2 is 1.89 bits per heavy atom. The number of rotatable bonds is 2. The molecule has 2 aliphatic rings. The van der Waals surface area contributed by atoms with E-state index in [-0.39, 0.29) is 18.1 Å². The molecule has 1 atom stereocenters. The zero-order valence-electron chi connectivity index (χ0n) is 11.4. The van der Waals surface area contributed by atoms with Crippen molar-refractivity contribution in [2.45, 2.75) is 32.3 Å². The third kappa shape index (κ3) is 3.37. The number of carboxylic acid groups (broad SMARTS) is 1. The summed E-state index contributed by atoms with van der Waals surface area (Å²) in [7, 11) is 0. The Morgan fingerprint density at radius 1 is 1.21 bits per heavy atom. The van der Waals surface area contributed by atoms with Crippen LogP contribution in [0.5, 0.6) is 0 Å². The molecule has 0 aliphatic carbocycles. The van der Waals surface area contributed by atoms with Gasteiger partial charge in [-0.3, -0.25) is 4.79 Å². The Kier molecular flexibility index (Phi) is 4.63. The molecule has 2 heterocycles. The second-order valence-electron chi connectivity index (χ2n) is 5.23. The molecule has 2 amide bonds. The normalized spacial score (nSPS) is 25.4. The molecular formula is C13H22N2O4. The highest BCUT2D eigenvalue weighted by Gasteiger charge is 2.31. The molecule has 0 radical (unpaired) electrons. The van der Waals surface area contributed by atoms with Gasteiger partial charge in [0.05, 0.1) is 18.6 Å². The van der Waals surface area contributed by atoms with E-state index >= 15 is 0 Å². The van der Waals surface area contributed by atoms with Gasteiger partial charge in [0.25, 0.3) is 0 Å². The van der Waals surface area contributed by atoms with E-state index < -0.39 is 5.97 Å². The minimum Gasteiger partial charge on any atom is -0.481 e. The van der Waals surface area contributed by atoms with Crippen LogP contribution in [0.25, 0.3) is 0 Å². The second-order valence-corrected chi connectivity index (χ2v) is 5.23. The molecule has 6 heteroatoms. The van der Waals surface area contributed by atoms with E-state index in [1.807, 2.05) is 4.90 Å². The first-order chi connectivity index (χ1) is 9.11. The van der Waals surface area contributed by atoms with Crippen LogP contribution in [0, 0.1) is 5.92 Å². The Bertz CT molecular complexity index is 340. The van der Waals surface area contributed by atoms with Gasteiger partial charge >= 0.3 is 12.0 Å². The van der Waals surface area contributed by atoms with E-state index in [9.17, 15) is 9.59 Å². The topological polar surface area (TPSA) is 70.1 Å². The van der Waals surface area contributed by atoms with Crippen LogP contribution in [0.15, 0.2) is 0 Å². The Labute approximate surface area is 113 Å². The average molecular weight is 270 g/mol. The molecule has 0 aromatic carbocycles. The molecule has 6 nitrogen and oxygen atoms in total. The van der Waals surface area contributed by atoms with Gasteiger partial charge in [-0.15, -0.1) is 0 Å². The van der Waals surface area contributed by atoms with Crippen LogP contribution in [0.2, 0.25) is 0 Å². The van der Waals surface area contributed by atoms with Gasteiger partial charge in [-0.05, 0) is 19.3 Å². The number of morpholine rings is 1. The lowest BCUT2D eigenvalue weighted by atomic mass is 9.97. The van der Waals surface area contributed by atoms with Crippen LogP contribution in [0.3, 0.4) is 0 Å². The van der Waals surface area contributed by atoms with E-state index in [4.69, 9.17) is 9.84 Å². The predicted octanol–water partition coefficient (Wildman–Crippen LogP) is 1.01. The summed E-state index contributed by atoms with van der Waals surface area (Å²) in [4.78, 5) is 26.8. The molecule has 1 unspecified atom stereocenters. The lowest BCUT2D eigenvalue weighted by molar-refractivity contribution is -0.143. The molecule has 19 heavy (non-hydrogen) atoms. The SMILES string of the molecule is CCC1CN(C(=O)N2CCC(C(=O)O)CC2)CCO1. The number of amides is 2. The van der Waals surface area contributed by atoms with Gasteiger partial charge in [-0.25, -0.2) is 4.79 Å². The number of hydrogen-bond donors (Lipinski definition) is 1. The van der Waals surface area contributed by atoms with Crippen LogP contribution in [-0.2, 0) is 9.53 Å². The van der Waals surface area contributed by atoms with Crippen LogP contribution in [0.4, 0.5) is 4.79 Å². The van der Waals surface area contributed by atoms with Crippen LogP contribution in [-0.4, -0.2) is 65.8 Å². The van der Waals surface area contributed by atoms with E-state index in [0.717, 1.165) is 6.42 Å². The molecule has 0 aromatic heterocycles. The van der Waals surface area contributed by atoms with Crippen molar-refractivity contribution >= 4 is 12.0 Å². The minimum absolute atomic E-state index is 0.0330. The monoisotopic (exact) mass is 270 g/mol. The Morgan fingerprint density at radius 3 is 2.47 bits per heavy atom. The van der Waals surface area contributed by atoms with E-state index in [0.29, 0.717) is 45.6 Å². The van der Waals surface area contributed by atoms with Crippen molar-refractivity contribution in [2.24, 2.45) is 5.92 Å². The predicted molar refractivity (Wildman–Crippen MR) is 68.9 cm³/mol. The highest BCUT2D eigenvalue weighted by molar-refractivity contribution is 5.75. The number of carbonyl (C=O) groups excluding carboxylic acids is 1. The fourth-order valence-corrected chi connectivity index (χ4v) is 2.66. The molecule has 0 aromatic rings. The maximum Gasteiger partial charge on any atom is 0.320 e. The van der Waals surface area contributed by atoms with Crippen molar-refractivity contribution in [3.05, 3.63) is 0 Å². The smallest absolute Gasteiger partial charge is 0.320 e. The zero-order valence-corrected chi connectivity index (χ0v) is 11.4. The fourth-order valence-electron chi connectivity index (χ4n) is 2.66. The second kappa shape index (κ2) is 6.23. The van der Waals surface area contributed by atoms with Crippen LogP contribution in [0.1, 0.15) is 26.2 Å². The summed E-state index contributed by atoms with van der Waals surface area (Å²) in [6.07, 6.45) is 2.16. The summed E-state index contributed by atoms with van der Waals surface area (Å²) in [6, 6.07) is 0.0330. The molecule has 108 valence electrons. The van der Waals surface area contributed by atoms with Crippen molar-refractivity contribution in [3.8, 4) is 0 Å². The number of carboxylic acids is 1. The Balaban J connectivity index is 1.85. The quantitative estimate of drug-likeness (QED) is 0.813. The maximum absolute atomic E-state index is 12.3. The van der Waals surface area contributed by atoms with Gasteiger partial charge in [-0.2, -0.15) is 0 Å². The zero-order chi connectivity index (χ0) is 13.8. The third-order valence-electron chi connectivity index (χ3n) is 3.98. The lowest BCUT2D eigenvalue weighted by Crippen LogP contribution is -2.52. The van der Waals surface area contributed by atoms with Gasteiger partial charge in [0.1, 0.15) is 0 Å². The van der Waals surface area contributed by atoms with E-state index in [1.165, 1.54) is 0 Å². The first-order valence-corrected chi connectivity index (χ1v) is 7.00. The fraction of sp³-hybridized carbons (Fsp3) is 0.846. The average Bonchev–Trinajstić information content (AvgIpc) is 2.46. The molecule has 2 fully saturated rings. The molecule has 1 N–H and O–H groups in total. The number of hydrogen-bond acceptors (Lipinski definition) is 3. The van der Waals surface area contributed by atoms with Crippen molar-refractivity contribution < 1.29 is 19.4 Å². The summed E-state index contributed by atoms with van der Waals surface area (Å²) in [5.41, 5.74) is 0. The van der Waals surface area contributed by atoms with Crippen molar-refractivity contribution in [2.75, 3.05) is 32.8 Å². The van der Waals surface area contributed by atoms with E-state index in [2.05, 4.69) is 6.92 Å². The van der Waals surface area contributed by atoms with Gasteiger partial charge in [0.2, 0.25) is 0 Å². The first-order valence-electron chi connectivity index (χ1n) is 7.00. The number of urea groups is 1. The van der Waals surface area contributed by atoms with E-state index in [1.54, 1.807) is 4.90 Å². The van der Waals surface area contributed by atoms with Gasteiger partial charge in [0.15, 0.2) is 0 Å². The minimum atomic E-state index is -0.746. The number of aliphatic carboxylic acids is 1. The number of likely N-dealkylation sites (tertiary alicyclic amines) is 1. The first kappa shape index (κ1) is 14.1. The summed E-state index contributed by atoms with van der Waals surface area (Å²) < 4.78 is 5.55. The Hall–Kier alpha value is -1.30. The number of carbonyl (C=O) groups is 2. The number of ether oxygens (including phenoxy) is 1. The van der Waals surface area contributed by atoms with Crippen molar-refractivity contribution in [3.63, 3.8) is 0 Å². The molecule has 2 rings (SSSR count). The molecule has 2 aliphatic heterocycles. The summed E-state index contributed by atoms with van der Waals surface area (Å²) in [6.45, 7) is 5.02. The lowest BCUT2D eigenvalue weighted by Gasteiger charge is -2.38. The molecular weight excluding hydrogens is 248 g/mol. The standard InChI is InChI=1S/C13H22N2O4/c1-2-11-9-15(7-8-19-11)13(18)14-5-3-10(4-6-14)12(16)17/h10-11H,2-9H2,1H3,(H,16,17). The van der Waals surface area contributed by atoms with Crippen LogP contribution < -0.4 is 0 Å². The van der Waals surface area contributed by atoms with Crippen LogP contribution >= 0.6 is 0 Å².